The zero-order valence-corrected chi connectivity index (χ0v) is 11.5. The van der Waals surface area contributed by atoms with E-state index in [-0.39, 0.29) is 0 Å². The third kappa shape index (κ3) is 3.48. The Labute approximate surface area is 110 Å². The number of alkyl halides is 1. The van der Waals surface area contributed by atoms with Crippen LogP contribution in [0.1, 0.15) is 38.2 Å². The highest BCUT2D eigenvalue weighted by molar-refractivity contribution is 6.17. The summed E-state index contributed by atoms with van der Waals surface area (Å²) in [5.74, 6) is 3.38. The van der Waals surface area contributed by atoms with E-state index in [1.54, 1.807) is 0 Å². The Balaban J connectivity index is 1.96. The predicted octanol–water partition coefficient (Wildman–Crippen LogP) is 4.91. The van der Waals surface area contributed by atoms with E-state index in [4.69, 9.17) is 11.6 Å². The lowest BCUT2D eigenvalue weighted by atomic mass is 9.70. The van der Waals surface area contributed by atoms with Crippen LogP contribution in [0.25, 0.3) is 0 Å². The Morgan fingerprint density at radius 3 is 2.53 bits per heavy atom. The fraction of sp³-hybridized carbons (Fsp3) is 0.625. The monoisotopic (exact) mass is 250 g/mol. The highest BCUT2D eigenvalue weighted by Gasteiger charge is 2.29. The van der Waals surface area contributed by atoms with Crippen LogP contribution < -0.4 is 0 Å². The van der Waals surface area contributed by atoms with Crippen LogP contribution in [0, 0.1) is 17.8 Å². The fourth-order valence-corrected chi connectivity index (χ4v) is 3.59. The molecule has 0 bridgehead atoms. The molecule has 1 heteroatoms. The molecule has 1 fully saturated rings. The van der Waals surface area contributed by atoms with Crippen molar-refractivity contribution < 1.29 is 0 Å². The molecule has 1 aromatic rings. The van der Waals surface area contributed by atoms with Gasteiger partial charge in [-0.3, -0.25) is 0 Å². The molecule has 0 saturated heterocycles. The van der Waals surface area contributed by atoms with Gasteiger partial charge in [0.2, 0.25) is 0 Å². The Morgan fingerprint density at radius 1 is 1.12 bits per heavy atom. The van der Waals surface area contributed by atoms with E-state index in [1.807, 2.05) is 0 Å². The summed E-state index contributed by atoms with van der Waals surface area (Å²) in [6.45, 7) is 2.43. The van der Waals surface area contributed by atoms with E-state index in [2.05, 4.69) is 37.3 Å². The first-order valence-electron chi connectivity index (χ1n) is 6.91. The Hall–Kier alpha value is -0.490. The summed E-state index contributed by atoms with van der Waals surface area (Å²) in [4.78, 5) is 0. The summed E-state index contributed by atoms with van der Waals surface area (Å²) in [7, 11) is 0. The molecule has 0 spiro atoms. The van der Waals surface area contributed by atoms with Crippen LogP contribution in [0.5, 0.6) is 0 Å². The molecule has 0 aromatic heterocycles. The zero-order valence-electron chi connectivity index (χ0n) is 10.7. The summed E-state index contributed by atoms with van der Waals surface area (Å²) in [5, 5.41) is 0. The highest BCUT2D eigenvalue weighted by atomic mass is 35.5. The van der Waals surface area contributed by atoms with Gasteiger partial charge in [0.25, 0.3) is 0 Å². The largest absolute Gasteiger partial charge is 0.127 e. The minimum Gasteiger partial charge on any atom is -0.127 e. The van der Waals surface area contributed by atoms with Crippen LogP contribution in [0.2, 0.25) is 0 Å². The number of hydrogen-bond acceptors (Lipinski definition) is 0. The topological polar surface area (TPSA) is 0 Å². The van der Waals surface area contributed by atoms with E-state index in [0.29, 0.717) is 0 Å². The molecule has 0 radical (unpaired) electrons. The van der Waals surface area contributed by atoms with Crippen molar-refractivity contribution in [1.29, 1.82) is 0 Å². The molecule has 1 aliphatic rings. The minimum absolute atomic E-state index is 0.826. The summed E-state index contributed by atoms with van der Waals surface area (Å²) in [6, 6.07) is 10.9. The van der Waals surface area contributed by atoms with Gasteiger partial charge in [-0.25, -0.2) is 0 Å². The molecule has 0 N–H and O–H groups in total. The predicted molar refractivity (Wildman–Crippen MR) is 75.5 cm³/mol. The van der Waals surface area contributed by atoms with Crippen LogP contribution in [-0.2, 0) is 6.42 Å². The van der Waals surface area contributed by atoms with E-state index in [9.17, 15) is 0 Å². The van der Waals surface area contributed by atoms with Gasteiger partial charge < -0.3 is 0 Å². The molecule has 0 aliphatic heterocycles. The maximum Gasteiger partial charge on any atom is 0.0226 e. The molecule has 3 atom stereocenters. The van der Waals surface area contributed by atoms with Crippen molar-refractivity contribution in [2.75, 3.05) is 5.88 Å². The van der Waals surface area contributed by atoms with Crippen molar-refractivity contribution in [3.8, 4) is 0 Å². The number of hydrogen-bond donors (Lipinski definition) is 0. The third-order valence-corrected chi connectivity index (χ3v) is 4.68. The maximum atomic E-state index is 5.91. The molecule has 94 valence electrons. The van der Waals surface area contributed by atoms with Crippen LogP contribution in [0.3, 0.4) is 0 Å². The summed E-state index contributed by atoms with van der Waals surface area (Å²) < 4.78 is 0. The SMILES string of the molecule is CC1C(CCCl)CCCC1Cc1ccccc1. The second-order valence-corrected chi connectivity index (χ2v) is 5.86. The van der Waals surface area contributed by atoms with Crippen LogP contribution in [0.4, 0.5) is 0 Å². The van der Waals surface area contributed by atoms with Crippen molar-refractivity contribution in [2.45, 2.75) is 39.0 Å². The van der Waals surface area contributed by atoms with E-state index in [1.165, 1.54) is 37.7 Å². The van der Waals surface area contributed by atoms with E-state index >= 15 is 0 Å². The van der Waals surface area contributed by atoms with E-state index in [0.717, 1.165) is 23.6 Å². The molecule has 3 unspecified atom stereocenters. The van der Waals surface area contributed by atoms with Crippen molar-refractivity contribution in [3.63, 3.8) is 0 Å². The van der Waals surface area contributed by atoms with Gasteiger partial charge in [0, 0.05) is 5.88 Å². The lowest BCUT2D eigenvalue weighted by molar-refractivity contribution is 0.164. The van der Waals surface area contributed by atoms with Gasteiger partial charge in [-0.2, -0.15) is 0 Å². The summed E-state index contributed by atoms with van der Waals surface area (Å²) in [6.07, 6.45) is 6.63. The normalized spacial score (nSPS) is 29.2. The molecule has 1 aromatic carbocycles. The number of benzene rings is 1. The molecule has 1 aliphatic carbocycles. The summed E-state index contributed by atoms with van der Waals surface area (Å²) in [5.41, 5.74) is 1.50. The second-order valence-electron chi connectivity index (χ2n) is 5.48. The average Bonchev–Trinajstić information content (AvgIpc) is 2.36. The van der Waals surface area contributed by atoms with Gasteiger partial charge in [0.15, 0.2) is 0 Å². The third-order valence-electron chi connectivity index (χ3n) is 4.46. The molecular formula is C16H23Cl. The van der Waals surface area contributed by atoms with Crippen LogP contribution in [-0.4, -0.2) is 5.88 Å². The fourth-order valence-electron chi connectivity index (χ4n) is 3.31. The van der Waals surface area contributed by atoms with Crippen molar-refractivity contribution >= 4 is 11.6 Å². The highest BCUT2D eigenvalue weighted by Crippen LogP contribution is 2.38. The molecule has 1 saturated carbocycles. The van der Waals surface area contributed by atoms with Crippen molar-refractivity contribution in [1.82, 2.24) is 0 Å². The first-order valence-corrected chi connectivity index (χ1v) is 7.44. The second kappa shape index (κ2) is 6.44. The molecule has 17 heavy (non-hydrogen) atoms. The lowest BCUT2D eigenvalue weighted by Gasteiger charge is -2.36. The average molecular weight is 251 g/mol. The Kier molecular flexibility index (Phi) is 4.91. The smallest absolute Gasteiger partial charge is 0.0226 e. The first kappa shape index (κ1) is 13.0. The molecular weight excluding hydrogens is 228 g/mol. The van der Waals surface area contributed by atoms with Gasteiger partial charge in [-0.1, -0.05) is 50.1 Å². The quantitative estimate of drug-likeness (QED) is 0.666. The first-order chi connectivity index (χ1) is 8.31. The van der Waals surface area contributed by atoms with Gasteiger partial charge in [0.05, 0.1) is 0 Å². The minimum atomic E-state index is 0.826. The van der Waals surface area contributed by atoms with E-state index < -0.39 is 0 Å². The Morgan fingerprint density at radius 2 is 1.82 bits per heavy atom. The molecule has 0 nitrogen and oxygen atoms in total. The van der Waals surface area contributed by atoms with Crippen LogP contribution in [0.15, 0.2) is 30.3 Å². The standard InChI is InChI=1S/C16H23Cl/c1-13-15(10-11-17)8-5-9-16(13)12-14-6-3-2-4-7-14/h2-4,6-7,13,15-16H,5,8-12H2,1H3. The lowest BCUT2D eigenvalue weighted by Crippen LogP contribution is -2.27. The van der Waals surface area contributed by atoms with Gasteiger partial charge in [0.1, 0.15) is 0 Å². The van der Waals surface area contributed by atoms with Crippen molar-refractivity contribution in [2.24, 2.45) is 17.8 Å². The van der Waals surface area contributed by atoms with Crippen molar-refractivity contribution in [3.05, 3.63) is 35.9 Å². The summed E-state index contributed by atoms with van der Waals surface area (Å²) >= 11 is 5.91. The number of halogens is 1. The molecule has 0 amide bonds. The zero-order chi connectivity index (χ0) is 12.1. The Bertz CT molecular complexity index is 318. The van der Waals surface area contributed by atoms with Gasteiger partial charge in [-0.15, -0.1) is 11.6 Å². The molecule has 2 rings (SSSR count). The van der Waals surface area contributed by atoms with Gasteiger partial charge in [-0.05, 0) is 42.6 Å². The maximum absolute atomic E-state index is 5.91. The number of rotatable bonds is 4. The van der Waals surface area contributed by atoms with Crippen LogP contribution >= 0.6 is 11.6 Å². The molecule has 0 heterocycles. The van der Waals surface area contributed by atoms with Gasteiger partial charge >= 0.3 is 0 Å².